The van der Waals surface area contributed by atoms with E-state index in [0.717, 1.165) is 39.0 Å². The summed E-state index contributed by atoms with van der Waals surface area (Å²) in [4.78, 5) is 2.29. The van der Waals surface area contributed by atoms with Gasteiger partial charge in [0, 0.05) is 25.3 Å². The SMILES string of the molecule is CCCc1cc(CNCCN(C)CC)[nH]n1. The van der Waals surface area contributed by atoms with Crippen LogP contribution in [0.3, 0.4) is 0 Å². The van der Waals surface area contributed by atoms with Crippen molar-refractivity contribution in [1.82, 2.24) is 20.4 Å². The summed E-state index contributed by atoms with van der Waals surface area (Å²) in [5.74, 6) is 0. The van der Waals surface area contributed by atoms with Crippen LogP contribution in [0, 0.1) is 0 Å². The van der Waals surface area contributed by atoms with Gasteiger partial charge in [-0.3, -0.25) is 5.10 Å². The van der Waals surface area contributed by atoms with E-state index in [0.29, 0.717) is 0 Å². The lowest BCUT2D eigenvalue weighted by Crippen LogP contribution is -2.28. The van der Waals surface area contributed by atoms with Gasteiger partial charge < -0.3 is 10.2 Å². The highest BCUT2D eigenvalue weighted by atomic mass is 15.1. The molecule has 0 aliphatic heterocycles. The Kier molecular flexibility index (Phi) is 6.11. The Balaban J connectivity index is 2.16. The van der Waals surface area contributed by atoms with E-state index in [1.54, 1.807) is 0 Å². The van der Waals surface area contributed by atoms with Crippen molar-refractivity contribution in [3.05, 3.63) is 17.5 Å². The molecule has 2 N–H and O–H groups in total. The molecule has 0 spiro atoms. The van der Waals surface area contributed by atoms with Gasteiger partial charge in [0.2, 0.25) is 0 Å². The largest absolute Gasteiger partial charge is 0.310 e. The zero-order chi connectivity index (χ0) is 11.8. The first-order chi connectivity index (χ1) is 7.76. The molecule has 0 aliphatic rings. The fraction of sp³-hybridized carbons (Fsp3) is 0.750. The van der Waals surface area contributed by atoms with Crippen LogP contribution in [0.4, 0.5) is 0 Å². The second-order valence-corrected chi connectivity index (χ2v) is 4.21. The fourth-order valence-electron chi connectivity index (χ4n) is 1.54. The van der Waals surface area contributed by atoms with Crippen LogP contribution < -0.4 is 5.32 Å². The van der Waals surface area contributed by atoms with Crippen LogP contribution in [-0.4, -0.2) is 41.8 Å². The van der Waals surface area contributed by atoms with Crippen molar-refractivity contribution in [2.75, 3.05) is 26.7 Å². The Morgan fingerprint density at radius 1 is 1.44 bits per heavy atom. The fourth-order valence-corrected chi connectivity index (χ4v) is 1.54. The van der Waals surface area contributed by atoms with Gasteiger partial charge in [-0.2, -0.15) is 5.10 Å². The smallest absolute Gasteiger partial charge is 0.0625 e. The lowest BCUT2D eigenvalue weighted by Gasteiger charge is -2.13. The van der Waals surface area contributed by atoms with Crippen LogP contribution in [-0.2, 0) is 13.0 Å². The maximum atomic E-state index is 4.26. The van der Waals surface area contributed by atoms with E-state index in [9.17, 15) is 0 Å². The second-order valence-electron chi connectivity index (χ2n) is 4.21. The molecule has 1 aromatic heterocycles. The number of H-pyrrole nitrogens is 1. The maximum absolute atomic E-state index is 4.26. The van der Waals surface area contributed by atoms with Crippen LogP contribution in [0.5, 0.6) is 0 Å². The average Bonchev–Trinajstić information content (AvgIpc) is 2.72. The summed E-state index contributed by atoms with van der Waals surface area (Å²) in [5, 5.41) is 10.7. The zero-order valence-electron chi connectivity index (χ0n) is 10.7. The third-order valence-electron chi connectivity index (χ3n) is 2.72. The highest BCUT2D eigenvalue weighted by Gasteiger charge is 2.00. The molecule has 16 heavy (non-hydrogen) atoms. The molecule has 0 aromatic carbocycles. The van der Waals surface area contributed by atoms with Gasteiger partial charge in [-0.05, 0) is 26.1 Å². The van der Waals surface area contributed by atoms with Crippen LogP contribution in [0.1, 0.15) is 31.7 Å². The van der Waals surface area contributed by atoms with Crippen molar-refractivity contribution in [3.63, 3.8) is 0 Å². The van der Waals surface area contributed by atoms with Gasteiger partial charge in [0.1, 0.15) is 0 Å². The molecule has 1 heterocycles. The van der Waals surface area contributed by atoms with Crippen molar-refractivity contribution in [1.29, 1.82) is 0 Å². The van der Waals surface area contributed by atoms with Gasteiger partial charge in [0.15, 0.2) is 0 Å². The van der Waals surface area contributed by atoms with Gasteiger partial charge >= 0.3 is 0 Å². The molecule has 0 amide bonds. The number of hydrogen-bond acceptors (Lipinski definition) is 3. The quantitative estimate of drug-likeness (QED) is 0.656. The van der Waals surface area contributed by atoms with Crippen LogP contribution in [0.15, 0.2) is 6.07 Å². The average molecular weight is 224 g/mol. The lowest BCUT2D eigenvalue weighted by molar-refractivity contribution is 0.348. The van der Waals surface area contributed by atoms with Crippen molar-refractivity contribution in [3.8, 4) is 0 Å². The molecule has 0 radical (unpaired) electrons. The van der Waals surface area contributed by atoms with Crippen molar-refractivity contribution < 1.29 is 0 Å². The van der Waals surface area contributed by atoms with Crippen LogP contribution in [0.25, 0.3) is 0 Å². The molecule has 1 aromatic rings. The second kappa shape index (κ2) is 7.41. The summed E-state index contributed by atoms with van der Waals surface area (Å²) in [6.07, 6.45) is 2.22. The lowest BCUT2D eigenvalue weighted by atomic mass is 10.2. The summed E-state index contributed by atoms with van der Waals surface area (Å²) in [6.45, 7) is 8.44. The molecule has 0 saturated heterocycles. The Labute approximate surface area is 98.4 Å². The molecule has 0 atom stereocenters. The molecular weight excluding hydrogens is 200 g/mol. The first kappa shape index (κ1) is 13.2. The van der Waals surface area contributed by atoms with Crippen LogP contribution >= 0.6 is 0 Å². The summed E-state index contributed by atoms with van der Waals surface area (Å²) in [7, 11) is 2.14. The summed E-state index contributed by atoms with van der Waals surface area (Å²) < 4.78 is 0. The molecule has 0 unspecified atom stereocenters. The minimum absolute atomic E-state index is 0.883. The van der Waals surface area contributed by atoms with E-state index < -0.39 is 0 Å². The van der Waals surface area contributed by atoms with Crippen molar-refractivity contribution in [2.24, 2.45) is 0 Å². The number of aryl methyl sites for hydroxylation is 1. The predicted molar refractivity (Wildman–Crippen MR) is 67.5 cm³/mol. The zero-order valence-corrected chi connectivity index (χ0v) is 10.7. The van der Waals surface area contributed by atoms with Crippen LogP contribution in [0.2, 0.25) is 0 Å². The molecular formula is C12H24N4. The van der Waals surface area contributed by atoms with E-state index in [2.05, 4.69) is 47.4 Å². The van der Waals surface area contributed by atoms with E-state index >= 15 is 0 Å². The minimum atomic E-state index is 0.883. The predicted octanol–water partition coefficient (Wildman–Crippen LogP) is 1.40. The third kappa shape index (κ3) is 4.77. The number of aromatic amines is 1. The Hall–Kier alpha value is -0.870. The molecule has 0 aliphatic carbocycles. The minimum Gasteiger partial charge on any atom is -0.310 e. The molecule has 4 heteroatoms. The van der Waals surface area contributed by atoms with Gasteiger partial charge in [-0.1, -0.05) is 20.3 Å². The Morgan fingerprint density at radius 3 is 2.94 bits per heavy atom. The summed E-state index contributed by atoms with van der Waals surface area (Å²) in [5.41, 5.74) is 2.35. The number of likely N-dealkylation sites (N-methyl/N-ethyl adjacent to an activating group) is 1. The van der Waals surface area contributed by atoms with Crippen molar-refractivity contribution >= 4 is 0 Å². The standard InChI is InChI=1S/C12H24N4/c1-4-6-11-9-12(15-14-11)10-13-7-8-16(3)5-2/h9,13H,4-8,10H2,1-3H3,(H,14,15). The number of nitrogens with zero attached hydrogens (tertiary/aromatic N) is 2. The number of nitrogens with one attached hydrogen (secondary N) is 2. The molecule has 0 bridgehead atoms. The van der Waals surface area contributed by atoms with E-state index in [1.807, 2.05) is 0 Å². The first-order valence-corrected chi connectivity index (χ1v) is 6.18. The Bertz CT molecular complexity index is 282. The van der Waals surface area contributed by atoms with Gasteiger partial charge in [-0.15, -0.1) is 0 Å². The monoisotopic (exact) mass is 224 g/mol. The first-order valence-electron chi connectivity index (χ1n) is 6.18. The highest BCUT2D eigenvalue weighted by molar-refractivity contribution is 5.08. The number of hydrogen-bond donors (Lipinski definition) is 2. The number of aromatic nitrogens is 2. The Morgan fingerprint density at radius 2 is 2.25 bits per heavy atom. The third-order valence-corrected chi connectivity index (χ3v) is 2.72. The highest BCUT2D eigenvalue weighted by Crippen LogP contribution is 2.01. The molecule has 4 nitrogen and oxygen atoms in total. The topological polar surface area (TPSA) is 44.0 Å². The molecule has 0 fully saturated rings. The normalized spacial score (nSPS) is 11.2. The maximum Gasteiger partial charge on any atom is 0.0625 e. The molecule has 92 valence electrons. The van der Waals surface area contributed by atoms with Crippen molar-refractivity contribution in [2.45, 2.75) is 33.2 Å². The van der Waals surface area contributed by atoms with E-state index in [1.165, 1.54) is 11.4 Å². The summed E-state index contributed by atoms with van der Waals surface area (Å²) in [6, 6.07) is 2.15. The van der Waals surface area contributed by atoms with Gasteiger partial charge in [0.25, 0.3) is 0 Å². The summed E-state index contributed by atoms with van der Waals surface area (Å²) >= 11 is 0. The van der Waals surface area contributed by atoms with Gasteiger partial charge in [0.05, 0.1) is 5.69 Å². The molecule has 1 rings (SSSR count). The number of rotatable bonds is 8. The van der Waals surface area contributed by atoms with E-state index in [-0.39, 0.29) is 0 Å². The van der Waals surface area contributed by atoms with Gasteiger partial charge in [-0.25, -0.2) is 0 Å². The molecule has 0 saturated carbocycles. The van der Waals surface area contributed by atoms with E-state index in [4.69, 9.17) is 0 Å².